The molecule has 378 valence electrons. The molecule has 2 aliphatic heterocycles. The zero-order valence-corrected chi connectivity index (χ0v) is 45.2. The molecular formula is C52H66N2O10P2S4. The number of unbranched alkanes of at least 4 members (excludes halogenated alkanes) is 9. The van der Waals surface area contributed by atoms with Gasteiger partial charge in [-0.25, -0.2) is 9.13 Å². The van der Waals surface area contributed by atoms with Crippen LogP contribution in [-0.4, -0.2) is 48.9 Å². The van der Waals surface area contributed by atoms with Crippen molar-refractivity contribution in [1.82, 2.24) is 9.80 Å². The monoisotopic (exact) mass is 1070 g/mol. The first-order valence-electron chi connectivity index (χ1n) is 24.0. The van der Waals surface area contributed by atoms with E-state index in [0.717, 1.165) is 108 Å². The number of benzene rings is 4. The maximum atomic E-state index is 13.3. The average Bonchev–Trinajstić information content (AvgIpc) is 3.38. The minimum Gasteiger partial charge on any atom is -0.404 e. The number of phosphoric acid groups is 2. The lowest BCUT2D eigenvalue weighted by atomic mass is 10.1. The summed E-state index contributed by atoms with van der Waals surface area (Å²) in [5, 5.41) is 0. The van der Waals surface area contributed by atoms with E-state index in [0.29, 0.717) is 37.4 Å². The van der Waals surface area contributed by atoms with E-state index in [2.05, 4.69) is 24.3 Å². The van der Waals surface area contributed by atoms with Crippen LogP contribution in [0.15, 0.2) is 130 Å². The molecule has 2 amide bonds. The number of amides is 2. The van der Waals surface area contributed by atoms with Crippen molar-refractivity contribution in [3.8, 4) is 11.5 Å². The second-order valence-corrected chi connectivity index (χ2v) is 24.8. The zero-order chi connectivity index (χ0) is 49.3. The first-order chi connectivity index (χ1) is 34.2. The van der Waals surface area contributed by atoms with Crippen molar-refractivity contribution in [2.75, 3.05) is 26.3 Å². The molecule has 0 radical (unpaired) electrons. The molecule has 2 atom stereocenters. The van der Waals surface area contributed by atoms with E-state index < -0.39 is 15.6 Å². The Hall–Kier alpha value is -3.40. The number of carbonyl (C=O) groups excluding carboxylic acids is 2. The fourth-order valence-corrected chi connectivity index (χ4v) is 15.1. The maximum absolute atomic E-state index is 13.3. The highest BCUT2D eigenvalue weighted by Gasteiger charge is 2.35. The number of allylic oxidation sites excluding steroid dienone is 2. The Balaban J connectivity index is 0.881. The van der Waals surface area contributed by atoms with Crippen LogP contribution in [0, 0.1) is 0 Å². The molecule has 2 aliphatic rings. The fraction of sp³-hybridized carbons (Fsp3) is 0.423. The molecule has 6 rings (SSSR count). The highest BCUT2D eigenvalue weighted by atomic mass is 33.1. The second-order valence-electron chi connectivity index (χ2n) is 16.8. The molecule has 2 heterocycles. The second kappa shape index (κ2) is 30.6. The molecule has 0 aliphatic carbocycles. The van der Waals surface area contributed by atoms with Gasteiger partial charge >= 0.3 is 15.6 Å². The standard InChI is InChI=1S/C52H66N2O10P2S4/c1-43(51(69-67-39-45-23-13-11-14-24-45)31-35-59-65(57)61-37-47-27-17-19-29-49(47)63-65)53(41-55)33-21-9-7-5-3-4-6-8-10-22-34-54(42-56)44(2)52(70-68-40-46-25-15-12-16-26-46)32-36-60-66(58)62-38-48-28-18-20-30-50(48)64-66/h11-20,23-30,41-42H,3-10,21-22,31-40H2,1-2H3/b51-43-,52-44-. The van der Waals surface area contributed by atoms with E-state index in [1.807, 2.05) is 86.6 Å². The maximum Gasteiger partial charge on any atom is 0.530 e. The summed E-state index contributed by atoms with van der Waals surface area (Å²) in [6.07, 6.45) is 13.4. The summed E-state index contributed by atoms with van der Waals surface area (Å²) in [6, 6.07) is 35.2. The number of phosphoric ester groups is 2. The zero-order valence-electron chi connectivity index (χ0n) is 40.2. The van der Waals surface area contributed by atoms with Crippen molar-refractivity contribution in [1.29, 1.82) is 0 Å². The van der Waals surface area contributed by atoms with Gasteiger partial charge in [0.15, 0.2) is 0 Å². The highest BCUT2D eigenvalue weighted by molar-refractivity contribution is 8.78. The Morgan fingerprint density at radius 1 is 0.529 bits per heavy atom. The van der Waals surface area contributed by atoms with Crippen molar-refractivity contribution in [3.05, 3.63) is 153 Å². The van der Waals surface area contributed by atoms with Gasteiger partial charge in [0, 0.05) is 69.8 Å². The molecule has 70 heavy (non-hydrogen) atoms. The molecular weight excluding hydrogens is 1000 g/mol. The van der Waals surface area contributed by atoms with Gasteiger partial charge in [0.1, 0.15) is 11.5 Å². The normalized spacial score (nSPS) is 18.0. The first kappa shape index (κ1) is 55.9. The van der Waals surface area contributed by atoms with Crippen LogP contribution in [0.2, 0.25) is 0 Å². The van der Waals surface area contributed by atoms with Gasteiger partial charge in [-0.3, -0.25) is 27.7 Å². The molecule has 18 heteroatoms. The molecule has 0 spiro atoms. The van der Waals surface area contributed by atoms with E-state index in [9.17, 15) is 18.7 Å². The van der Waals surface area contributed by atoms with Gasteiger partial charge in [0.25, 0.3) is 0 Å². The van der Waals surface area contributed by atoms with E-state index in [4.69, 9.17) is 27.1 Å². The average molecular weight is 1070 g/mol. The summed E-state index contributed by atoms with van der Waals surface area (Å²) >= 11 is 0. The van der Waals surface area contributed by atoms with Gasteiger partial charge in [-0.05, 0) is 49.9 Å². The summed E-state index contributed by atoms with van der Waals surface area (Å²) < 4.78 is 60.5. The number of rotatable bonds is 33. The minimum absolute atomic E-state index is 0.119. The Morgan fingerprint density at radius 2 is 0.886 bits per heavy atom. The quantitative estimate of drug-likeness (QED) is 0.0194. The number of carbonyl (C=O) groups is 2. The molecule has 0 fully saturated rings. The van der Waals surface area contributed by atoms with Crippen LogP contribution < -0.4 is 9.05 Å². The number of hydrogen-bond acceptors (Lipinski definition) is 14. The van der Waals surface area contributed by atoms with Gasteiger partial charge in [0.05, 0.1) is 26.4 Å². The van der Waals surface area contributed by atoms with Crippen LogP contribution in [0.4, 0.5) is 0 Å². The predicted octanol–water partition coefficient (Wildman–Crippen LogP) is 15.7. The van der Waals surface area contributed by atoms with Gasteiger partial charge in [0.2, 0.25) is 12.8 Å². The summed E-state index contributed by atoms with van der Waals surface area (Å²) in [7, 11) is -0.909. The minimum atomic E-state index is -3.77. The summed E-state index contributed by atoms with van der Waals surface area (Å²) in [6.45, 7) is 5.74. The van der Waals surface area contributed by atoms with Crippen molar-refractivity contribution >= 4 is 71.6 Å². The Bertz CT molecular complexity index is 2230. The van der Waals surface area contributed by atoms with Crippen LogP contribution in [0.3, 0.4) is 0 Å². The lowest BCUT2D eigenvalue weighted by molar-refractivity contribution is -0.117. The van der Waals surface area contributed by atoms with E-state index >= 15 is 0 Å². The smallest absolute Gasteiger partial charge is 0.404 e. The first-order valence-corrected chi connectivity index (χ1v) is 31.6. The van der Waals surface area contributed by atoms with Crippen LogP contribution in [-0.2, 0) is 61.5 Å². The Morgan fingerprint density at radius 3 is 1.27 bits per heavy atom. The molecule has 12 nitrogen and oxygen atoms in total. The molecule has 0 aromatic heterocycles. The topological polar surface area (TPSA) is 130 Å². The van der Waals surface area contributed by atoms with Gasteiger partial charge in [-0.2, -0.15) is 0 Å². The third-order valence-corrected chi connectivity index (χ3v) is 19.6. The van der Waals surface area contributed by atoms with Crippen molar-refractivity contribution in [3.63, 3.8) is 0 Å². The van der Waals surface area contributed by atoms with Crippen LogP contribution in [0.5, 0.6) is 11.5 Å². The number of hydrogen-bond donors (Lipinski definition) is 0. The SMILES string of the molecule is C/C(=C(\CCOP1(=O)OCc2ccccc2O1)SSCc1ccccc1)N(C=O)CCCCCCCCCCCCN(C=O)/C(C)=C(/CCOP1(=O)OCc2ccccc2O1)SSCc1ccccc1. The molecule has 0 N–H and O–H groups in total. The lowest BCUT2D eigenvalue weighted by Gasteiger charge is -2.25. The Labute approximate surface area is 430 Å². The molecule has 0 saturated heterocycles. The summed E-state index contributed by atoms with van der Waals surface area (Å²) in [4.78, 5) is 30.3. The molecule has 0 bridgehead atoms. The summed E-state index contributed by atoms with van der Waals surface area (Å²) in [5.41, 5.74) is 5.81. The molecule has 4 aromatic carbocycles. The van der Waals surface area contributed by atoms with Gasteiger partial charge in [-0.1, -0.05) is 192 Å². The van der Waals surface area contributed by atoms with Crippen LogP contribution in [0.25, 0.3) is 0 Å². The lowest BCUT2D eigenvalue weighted by Crippen LogP contribution is -2.22. The number of fused-ring (bicyclic) bond motifs is 2. The molecule has 4 aromatic rings. The number of nitrogens with zero attached hydrogens (tertiary/aromatic N) is 2. The molecule has 0 saturated carbocycles. The summed E-state index contributed by atoms with van der Waals surface area (Å²) in [5.74, 6) is 2.61. The van der Waals surface area contributed by atoms with Crippen molar-refractivity contribution < 1.29 is 45.9 Å². The third kappa shape index (κ3) is 18.9. The van der Waals surface area contributed by atoms with Gasteiger partial charge in [-0.15, -0.1) is 0 Å². The highest BCUT2D eigenvalue weighted by Crippen LogP contribution is 2.56. The third-order valence-electron chi connectivity index (χ3n) is 11.7. The van der Waals surface area contributed by atoms with Crippen LogP contribution >= 0.6 is 58.8 Å². The fourth-order valence-electron chi connectivity index (χ4n) is 7.59. The van der Waals surface area contributed by atoms with Crippen molar-refractivity contribution in [2.45, 2.75) is 116 Å². The largest absolute Gasteiger partial charge is 0.530 e. The van der Waals surface area contributed by atoms with Crippen molar-refractivity contribution in [2.24, 2.45) is 0 Å². The molecule has 2 unspecified atom stereocenters. The predicted molar refractivity (Wildman–Crippen MR) is 288 cm³/mol. The van der Waals surface area contributed by atoms with E-state index in [1.54, 1.807) is 65.1 Å². The van der Waals surface area contributed by atoms with Crippen LogP contribution in [0.1, 0.15) is 113 Å². The van der Waals surface area contributed by atoms with E-state index in [1.165, 1.54) is 24.0 Å². The van der Waals surface area contributed by atoms with E-state index in [-0.39, 0.29) is 26.4 Å². The number of para-hydroxylation sites is 2. The Kier molecular flexibility index (Phi) is 24.4. The van der Waals surface area contributed by atoms with Gasteiger partial charge < -0.3 is 18.8 Å².